The van der Waals surface area contributed by atoms with Crippen LogP contribution in [0, 0.1) is 0 Å². The Morgan fingerprint density at radius 1 is 1.03 bits per heavy atom. The van der Waals surface area contributed by atoms with E-state index in [9.17, 15) is 4.79 Å². The summed E-state index contributed by atoms with van der Waals surface area (Å²) in [6, 6.07) is 23.1. The van der Waals surface area contributed by atoms with E-state index in [-0.39, 0.29) is 12.5 Å². The summed E-state index contributed by atoms with van der Waals surface area (Å²) in [7, 11) is 0. The quantitative estimate of drug-likeness (QED) is 0.323. The van der Waals surface area contributed by atoms with Gasteiger partial charge in [-0.3, -0.25) is 14.9 Å². The molecule has 0 aliphatic heterocycles. The number of rotatable bonds is 6. The van der Waals surface area contributed by atoms with Crippen LogP contribution in [0.4, 0.5) is 0 Å². The van der Waals surface area contributed by atoms with Gasteiger partial charge in [0.15, 0.2) is 5.82 Å². The van der Waals surface area contributed by atoms with E-state index in [2.05, 4.69) is 30.7 Å². The number of pyridine rings is 1. The topological polar surface area (TPSA) is 101 Å². The fourth-order valence-corrected chi connectivity index (χ4v) is 3.51. The normalized spacial score (nSPS) is 11.2. The number of para-hydroxylation sites is 2. The number of hydrogen-bond donors (Lipinski definition) is 2. The number of hydrogen-bond acceptors (Lipinski definition) is 5. The lowest BCUT2D eigenvalue weighted by atomic mass is 10.1. The Hall–Kier alpha value is -4.59. The third kappa shape index (κ3) is 3.89. The maximum absolute atomic E-state index is 12.7. The van der Waals surface area contributed by atoms with E-state index in [1.165, 1.54) is 0 Å². The number of nitrogens with one attached hydrogen (secondary N) is 2. The van der Waals surface area contributed by atoms with Crippen molar-refractivity contribution < 1.29 is 4.79 Å². The molecular formula is C24H19N7O. The van der Waals surface area contributed by atoms with Gasteiger partial charge < -0.3 is 4.57 Å². The summed E-state index contributed by atoms with van der Waals surface area (Å²) in [5.74, 6) is 0.360. The molecule has 5 aromatic rings. The number of fused-ring (bicyclic) bond motifs is 1. The molecule has 0 saturated carbocycles. The molecule has 2 aromatic carbocycles. The first-order valence-electron chi connectivity index (χ1n) is 10.1. The van der Waals surface area contributed by atoms with Gasteiger partial charge in [-0.15, -0.1) is 0 Å². The number of hydrazone groups is 1. The Morgan fingerprint density at radius 2 is 1.84 bits per heavy atom. The molecule has 0 spiro atoms. The van der Waals surface area contributed by atoms with Crippen LogP contribution < -0.4 is 5.43 Å². The molecule has 0 unspecified atom stereocenters. The first-order chi connectivity index (χ1) is 15.8. The number of aromatic nitrogens is 5. The average molecular weight is 421 g/mol. The van der Waals surface area contributed by atoms with Crippen LogP contribution in [0.15, 0.2) is 90.3 Å². The molecule has 0 saturated heterocycles. The van der Waals surface area contributed by atoms with Gasteiger partial charge in [-0.2, -0.15) is 10.2 Å². The minimum absolute atomic E-state index is 0.0562. The van der Waals surface area contributed by atoms with Crippen LogP contribution in [-0.2, 0) is 11.3 Å². The molecule has 8 heteroatoms. The molecule has 156 valence electrons. The number of carbonyl (C=O) groups excluding carboxylic acids is 1. The fourth-order valence-electron chi connectivity index (χ4n) is 3.51. The van der Waals surface area contributed by atoms with Gasteiger partial charge in [-0.1, -0.05) is 48.5 Å². The highest BCUT2D eigenvalue weighted by Gasteiger charge is 2.15. The Bertz CT molecular complexity index is 1390. The molecule has 8 nitrogen and oxygen atoms in total. The first-order valence-corrected chi connectivity index (χ1v) is 10.1. The standard InChI is InChI=1S/C24H19N7O/c32-22(29-26-14-18-15-27-30-23(18)17-8-2-1-3-9-17)16-31-21-12-5-4-10-19(21)28-24(31)20-11-6-7-13-25-20/h1-15H,16H2,(H,27,30)(H,29,32). The van der Waals surface area contributed by atoms with Gasteiger partial charge in [0.25, 0.3) is 5.91 Å². The highest BCUT2D eigenvalue weighted by Crippen LogP contribution is 2.23. The predicted molar refractivity (Wildman–Crippen MR) is 123 cm³/mol. The molecule has 0 radical (unpaired) electrons. The summed E-state index contributed by atoms with van der Waals surface area (Å²) < 4.78 is 1.84. The van der Waals surface area contributed by atoms with Crippen molar-refractivity contribution in [1.29, 1.82) is 0 Å². The summed E-state index contributed by atoms with van der Waals surface area (Å²) >= 11 is 0. The van der Waals surface area contributed by atoms with E-state index in [1.807, 2.05) is 77.4 Å². The van der Waals surface area contributed by atoms with Crippen molar-refractivity contribution in [2.45, 2.75) is 6.54 Å². The second kappa shape index (κ2) is 8.65. The second-order valence-corrected chi connectivity index (χ2v) is 7.08. The largest absolute Gasteiger partial charge is 0.313 e. The van der Waals surface area contributed by atoms with Gasteiger partial charge in [-0.05, 0) is 24.3 Å². The lowest BCUT2D eigenvalue weighted by Gasteiger charge is -2.07. The van der Waals surface area contributed by atoms with Crippen molar-refractivity contribution in [1.82, 2.24) is 30.2 Å². The molecule has 2 N–H and O–H groups in total. The number of amides is 1. The Kier molecular flexibility index (Phi) is 5.24. The second-order valence-electron chi connectivity index (χ2n) is 7.08. The molecule has 0 bridgehead atoms. The molecule has 1 amide bonds. The summed E-state index contributed by atoms with van der Waals surface area (Å²) in [4.78, 5) is 21.8. The van der Waals surface area contributed by atoms with Gasteiger partial charge >= 0.3 is 0 Å². The SMILES string of the molecule is O=C(Cn1c(-c2ccccn2)nc2ccccc21)NN=Cc1cn[nH]c1-c1ccccc1. The number of aromatic amines is 1. The molecule has 32 heavy (non-hydrogen) atoms. The van der Waals surface area contributed by atoms with E-state index in [0.29, 0.717) is 11.5 Å². The zero-order valence-electron chi connectivity index (χ0n) is 17.0. The van der Waals surface area contributed by atoms with E-state index < -0.39 is 0 Å². The number of H-pyrrole nitrogens is 1. The van der Waals surface area contributed by atoms with Crippen molar-refractivity contribution in [2.24, 2.45) is 5.10 Å². The average Bonchev–Trinajstić information content (AvgIpc) is 3.45. The van der Waals surface area contributed by atoms with Crippen LogP contribution in [0.3, 0.4) is 0 Å². The fraction of sp³-hybridized carbons (Fsp3) is 0.0417. The minimum Gasteiger partial charge on any atom is -0.313 e. The molecule has 0 fully saturated rings. The van der Waals surface area contributed by atoms with Gasteiger partial charge in [0, 0.05) is 17.3 Å². The minimum atomic E-state index is -0.272. The van der Waals surface area contributed by atoms with Gasteiger partial charge in [0.05, 0.1) is 29.1 Å². The molecular weight excluding hydrogens is 402 g/mol. The Morgan fingerprint density at radius 3 is 2.69 bits per heavy atom. The van der Waals surface area contributed by atoms with Crippen molar-refractivity contribution in [2.75, 3.05) is 0 Å². The predicted octanol–water partition coefficient (Wildman–Crippen LogP) is 3.64. The molecule has 0 aliphatic carbocycles. The zero-order chi connectivity index (χ0) is 21.8. The summed E-state index contributed by atoms with van der Waals surface area (Å²) in [5.41, 5.74) is 7.56. The van der Waals surface area contributed by atoms with Crippen LogP contribution in [0.2, 0.25) is 0 Å². The number of nitrogens with zero attached hydrogens (tertiary/aromatic N) is 5. The molecule has 3 aromatic heterocycles. The number of benzene rings is 2. The highest BCUT2D eigenvalue weighted by atomic mass is 16.2. The van der Waals surface area contributed by atoms with E-state index in [0.717, 1.165) is 27.9 Å². The van der Waals surface area contributed by atoms with Crippen molar-refractivity contribution >= 4 is 23.2 Å². The summed E-state index contributed by atoms with van der Waals surface area (Å²) in [6.45, 7) is 0.0562. The van der Waals surface area contributed by atoms with E-state index in [4.69, 9.17) is 0 Å². The number of carbonyl (C=O) groups is 1. The van der Waals surface area contributed by atoms with E-state index >= 15 is 0 Å². The van der Waals surface area contributed by atoms with Crippen LogP contribution in [0.1, 0.15) is 5.56 Å². The van der Waals surface area contributed by atoms with Crippen LogP contribution in [0.5, 0.6) is 0 Å². The third-order valence-electron chi connectivity index (χ3n) is 4.97. The van der Waals surface area contributed by atoms with Crippen molar-refractivity contribution in [3.63, 3.8) is 0 Å². The number of imidazole rings is 1. The molecule has 3 heterocycles. The molecule has 0 atom stereocenters. The van der Waals surface area contributed by atoms with E-state index in [1.54, 1.807) is 18.6 Å². The van der Waals surface area contributed by atoms with Crippen molar-refractivity contribution in [3.8, 4) is 22.8 Å². The van der Waals surface area contributed by atoms with Gasteiger partial charge in [0.1, 0.15) is 12.2 Å². The van der Waals surface area contributed by atoms with Crippen molar-refractivity contribution in [3.05, 3.63) is 90.8 Å². The van der Waals surface area contributed by atoms with Gasteiger partial charge in [-0.25, -0.2) is 10.4 Å². The molecule has 0 aliphatic rings. The Balaban J connectivity index is 1.36. The smallest absolute Gasteiger partial charge is 0.260 e. The maximum Gasteiger partial charge on any atom is 0.260 e. The molecule has 5 rings (SSSR count). The first kappa shape index (κ1) is 19.4. The van der Waals surface area contributed by atoms with Crippen LogP contribution >= 0.6 is 0 Å². The lowest BCUT2D eigenvalue weighted by Crippen LogP contribution is -2.23. The zero-order valence-corrected chi connectivity index (χ0v) is 17.0. The Labute approximate surface area is 183 Å². The monoisotopic (exact) mass is 421 g/mol. The van der Waals surface area contributed by atoms with Gasteiger partial charge in [0.2, 0.25) is 0 Å². The van der Waals surface area contributed by atoms with Crippen LogP contribution in [0.25, 0.3) is 33.8 Å². The summed E-state index contributed by atoms with van der Waals surface area (Å²) in [6.07, 6.45) is 4.95. The van der Waals surface area contributed by atoms with Crippen LogP contribution in [-0.4, -0.2) is 36.9 Å². The maximum atomic E-state index is 12.7. The highest BCUT2D eigenvalue weighted by molar-refractivity contribution is 5.89. The lowest BCUT2D eigenvalue weighted by molar-refractivity contribution is -0.121. The third-order valence-corrected chi connectivity index (χ3v) is 4.97. The summed E-state index contributed by atoms with van der Waals surface area (Å²) in [5, 5.41) is 11.2.